The first-order valence-corrected chi connectivity index (χ1v) is 9.03. The molecule has 126 valence electrons. The molecule has 1 aromatic carbocycles. The maximum absolute atomic E-state index is 12.1. The molecule has 1 aromatic rings. The Balaban J connectivity index is 1.90. The van der Waals surface area contributed by atoms with Crippen LogP contribution in [0.15, 0.2) is 35.2 Å². The minimum absolute atomic E-state index is 0.00677. The van der Waals surface area contributed by atoms with Crippen LogP contribution in [0.4, 0.5) is 10.5 Å². The summed E-state index contributed by atoms with van der Waals surface area (Å²) in [7, 11) is 0. The number of carbonyl (C=O) groups is 1. The Bertz CT molecular complexity index is 574. The van der Waals surface area contributed by atoms with Crippen LogP contribution in [0.1, 0.15) is 32.3 Å². The second-order valence-electron chi connectivity index (χ2n) is 6.08. The van der Waals surface area contributed by atoms with Crippen LogP contribution in [0.2, 0.25) is 0 Å². The molecule has 0 fully saturated rings. The molecule has 0 aromatic heterocycles. The van der Waals surface area contributed by atoms with Gasteiger partial charge in [0, 0.05) is 34.4 Å². The normalized spacial score (nSPS) is 21.2. The average Bonchev–Trinajstić information content (AvgIpc) is 2.97. The van der Waals surface area contributed by atoms with Crippen molar-refractivity contribution in [1.29, 1.82) is 0 Å². The molecular formula is C18H26N2O2S. The van der Waals surface area contributed by atoms with Gasteiger partial charge < -0.3 is 15.7 Å². The summed E-state index contributed by atoms with van der Waals surface area (Å²) >= 11 is 1.85. The van der Waals surface area contributed by atoms with Crippen molar-refractivity contribution in [2.24, 2.45) is 5.92 Å². The number of aryl methyl sites for hydroxylation is 1. The van der Waals surface area contributed by atoms with E-state index in [2.05, 4.69) is 36.6 Å². The lowest BCUT2D eigenvalue weighted by molar-refractivity contribution is 0.238. The third-order valence-electron chi connectivity index (χ3n) is 4.08. The first-order valence-electron chi connectivity index (χ1n) is 8.15. The van der Waals surface area contributed by atoms with Gasteiger partial charge in [-0.15, -0.1) is 11.8 Å². The van der Waals surface area contributed by atoms with E-state index in [0.717, 1.165) is 24.1 Å². The number of aliphatic hydroxyl groups excluding tert-OH is 1. The number of benzene rings is 1. The Kier molecular flexibility index (Phi) is 6.54. The smallest absolute Gasteiger partial charge is 0.319 e. The summed E-state index contributed by atoms with van der Waals surface area (Å²) in [6, 6.07) is 5.91. The van der Waals surface area contributed by atoms with Gasteiger partial charge in [-0.05, 0) is 43.5 Å². The number of aliphatic hydroxyl groups is 1. The largest absolute Gasteiger partial charge is 0.396 e. The number of hydrogen-bond acceptors (Lipinski definition) is 3. The second kappa shape index (κ2) is 8.41. The van der Waals surface area contributed by atoms with Crippen LogP contribution in [-0.4, -0.2) is 29.0 Å². The molecule has 1 aliphatic rings. The van der Waals surface area contributed by atoms with E-state index in [1.54, 1.807) is 0 Å². The van der Waals surface area contributed by atoms with Gasteiger partial charge in [-0.3, -0.25) is 0 Å². The minimum atomic E-state index is -0.205. The van der Waals surface area contributed by atoms with E-state index in [-0.39, 0.29) is 24.6 Å². The van der Waals surface area contributed by atoms with Crippen molar-refractivity contribution in [3.63, 3.8) is 0 Å². The summed E-state index contributed by atoms with van der Waals surface area (Å²) in [5.74, 6) is 0.152. The van der Waals surface area contributed by atoms with E-state index in [4.69, 9.17) is 5.11 Å². The van der Waals surface area contributed by atoms with Crippen LogP contribution in [0, 0.1) is 12.8 Å². The van der Waals surface area contributed by atoms with Gasteiger partial charge in [0.15, 0.2) is 0 Å². The molecule has 3 N–H and O–H groups in total. The van der Waals surface area contributed by atoms with Crippen LogP contribution in [0.25, 0.3) is 0 Å². The molecule has 3 atom stereocenters. The highest BCUT2D eigenvalue weighted by Gasteiger charge is 2.19. The number of thioether (sulfide) groups is 1. The lowest BCUT2D eigenvalue weighted by Gasteiger charge is -2.15. The zero-order valence-electron chi connectivity index (χ0n) is 14.0. The van der Waals surface area contributed by atoms with Crippen LogP contribution in [-0.2, 0) is 0 Å². The van der Waals surface area contributed by atoms with Crippen molar-refractivity contribution in [2.45, 2.75) is 49.8 Å². The quantitative estimate of drug-likeness (QED) is 0.545. The number of carbonyl (C=O) groups excluding carboxylic acids is 1. The summed E-state index contributed by atoms with van der Waals surface area (Å²) in [5, 5.41) is 15.5. The van der Waals surface area contributed by atoms with Crippen molar-refractivity contribution < 1.29 is 9.90 Å². The zero-order chi connectivity index (χ0) is 16.8. The van der Waals surface area contributed by atoms with Crippen molar-refractivity contribution >= 4 is 23.5 Å². The van der Waals surface area contributed by atoms with Crippen LogP contribution >= 0.6 is 11.8 Å². The van der Waals surface area contributed by atoms with Gasteiger partial charge in [-0.25, -0.2) is 4.79 Å². The molecule has 0 saturated heterocycles. The van der Waals surface area contributed by atoms with Crippen LogP contribution in [0.5, 0.6) is 0 Å². The number of nitrogens with one attached hydrogen (secondary N) is 2. The Hall–Kier alpha value is -1.46. The van der Waals surface area contributed by atoms with E-state index in [9.17, 15) is 4.79 Å². The fourth-order valence-electron chi connectivity index (χ4n) is 2.51. The maximum atomic E-state index is 12.1. The minimum Gasteiger partial charge on any atom is -0.396 e. The van der Waals surface area contributed by atoms with Gasteiger partial charge in [-0.1, -0.05) is 26.0 Å². The number of rotatable bonds is 6. The van der Waals surface area contributed by atoms with E-state index < -0.39 is 0 Å². The summed E-state index contributed by atoms with van der Waals surface area (Å²) in [6.07, 6.45) is 5.79. The molecule has 4 nitrogen and oxygen atoms in total. The average molecular weight is 334 g/mol. The Morgan fingerprint density at radius 3 is 2.83 bits per heavy atom. The number of hydrogen-bond donors (Lipinski definition) is 3. The van der Waals surface area contributed by atoms with Crippen molar-refractivity contribution in [1.82, 2.24) is 5.32 Å². The molecule has 2 amide bonds. The molecule has 0 bridgehead atoms. The van der Waals surface area contributed by atoms with E-state index in [1.807, 2.05) is 36.9 Å². The lowest BCUT2D eigenvalue weighted by atomic mass is 10.1. The summed E-state index contributed by atoms with van der Waals surface area (Å²) in [6.45, 7) is 6.54. The van der Waals surface area contributed by atoms with Gasteiger partial charge in [0.25, 0.3) is 0 Å². The highest BCUT2D eigenvalue weighted by molar-refractivity contribution is 7.99. The second-order valence-corrected chi connectivity index (χ2v) is 7.59. The highest BCUT2D eigenvalue weighted by atomic mass is 32.2. The Morgan fingerprint density at radius 1 is 1.43 bits per heavy atom. The molecule has 0 heterocycles. The van der Waals surface area contributed by atoms with Crippen LogP contribution in [0.3, 0.4) is 0 Å². The van der Waals surface area contributed by atoms with Gasteiger partial charge in [0.05, 0.1) is 0 Å². The molecule has 5 heteroatoms. The standard InChI is InChI=1S/C18H26N2O2S/c1-4-13(3)23-16-7-8-17(12(2)9-16)20-18(22)19-15-6-5-14(10-15)11-21/h5-9,13-15,21H,4,10-11H2,1-3H3,(H2,19,20,22)/t13?,14-,15+/m0/s1. The molecule has 1 aliphatic carbocycles. The molecule has 0 aliphatic heterocycles. The predicted octanol–water partition coefficient (Wildman–Crippen LogP) is 3.94. The molecule has 2 rings (SSSR count). The number of urea groups is 1. The highest BCUT2D eigenvalue weighted by Crippen LogP contribution is 2.28. The Morgan fingerprint density at radius 2 is 2.22 bits per heavy atom. The van der Waals surface area contributed by atoms with Gasteiger partial charge >= 0.3 is 6.03 Å². The van der Waals surface area contributed by atoms with E-state index in [0.29, 0.717) is 5.25 Å². The molecule has 0 spiro atoms. The summed E-state index contributed by atoms with van der Waals surface area (Å²) < 4.78 is 0. The molecule has 23 heavy (non-hydrogen) atoms. The van der Waals surface area contributed by atoms with E-state index >= 15 is 0 Å². The number of amides is 2. The summed E-state index contributed by atoms with van der Waals surface area (Å²) in [5.41, 5.74) is 1.89. The zero-order valence-corrected chi connectivity index (χ0v) is 14.8. The first-order chi connectivity index (χ1) is 11.0. The molecule has 0 saturated carbocycles. The predicted molar refractivity (Wildman–Crippen MR) is 97.1 cm³/mol. The monoisotopic (exact) mass is 334 g/mol. The lowest BCUT2D eigenvalue weighted by Crippen LogP contribution is -2.36. The molecule has 1 unspecified atom stereocenters. The molecule has 0 radical (unpaired) electrons. The van der Waals surface area contributed by atoms with Crippen molar-refractivity contribution in [2.75, 3.05) is 11.9 Å². The topological polar surface area (TPSA) is 61.4 Å². The van der Waals surface area contributed by atoms with Gasteiger partial charge in [-0.2, -0.15) is 0 Å². The SMILES string of the molecule is CCC(C)Sc1ccc(NC(=O)N[C@@H]2C=C[C@H](CO)C2)c(C)c1. The number of anilines is 1. The van der Waals surface area contributed by atoms with Gasteiger partial charge in [0.2, 0.25) is 0 Å². The van der Waals surface area contributed by atoms with Crippen molar-refractivity contribution in [3.8, 4) is 0 Å². The first kappa shape index (κ1) is 17.9. The summed E-state index contributed by atoms with van der Waals surface area (Å²) in [4.78, 5) is 13.3. The third kappa shape index (κ3) is 5.29. The Labute approximate surface area is 142 Å². The third-order valence-corrected chi connectivity index (χ3v) is 5.34. The van der Waals surface area contributed by atoms with E-state index in [1.165, 1.54) is 4.90 Å². The fourth-order valence-corrected chi connectivity index (χ4v) is 3.53. The fraction of sp³-hybridized carbons (Fsp3) is 0.500. The maximum Gasteiger partial charge on any atom is 0.319 e. The molecular weight excluding hydrogens is 308 g/mol. The van der Waals surface area contributed by atoms with Crippen LogP contribution < -0.4 is 10.6 Å². The van der Waals surface area contributed by atoms with Gasteiger partial charge in [0.1, 0.15) is 0 Å². The van der Waals surface area contributed by atoms with Crippen molar-refractivity contribution in [3.05, 3.63) is 35.9 Å².